The SMILES string of the molecule is CCO[Si](OCC)(OCC)C1(S(SS)(SCC)C2(S(SS)(SCC)C3([Si](OCC)(OCC)OCC)CC4CCC3C4)CCCC2(S(SS)(SCC)C2([Si](OCC)(OCC)OCC)CC3CCC2C3)S(SS)(SCC)C2([Si](OCC)(OCC)OCC)CC3CCC2C3)CC2CCC1C2. The molecule has 0 saturated heterocycles. The Morgan fingerprint density at radius 3 is 0.577 bits per heavy atom. The highest BCUT2D eigenvalue weighted by Gasteiger charge is 2.98. The average molecular weight is 1730 g/mol. The summed E-state index contributed by atoms with van der Waals surface area (Å²) in [6, 6.07) is 0. The van der Waals surface area contributed by atoms with Crippen LogP contribution >= 0.6 is 161 Å². The Hall–Kier alpha value is 5.99. The van der Waals surface area contributed by atoms with Gasteiger partial charge in [0.1, 0.15) is 0 Å². The molecule has 574 valence electrons. The third-order valence-electron chi connectivity index (χ3n) is 24.1. The number of fused-ring (bicyclic) bond motifs is 8. The minimum Gasteiger partial charge on any atom is -0.373 e. The number of hydrogen-bond acceptors (Lipinski definition) is 24. The molecule has 0 radical (unpaired) electrons. The van der Waals surface area contributed by atoms with Gasteiger partial charge in [-0.2, -0.15) is 0 Å². The van der Waals surface area contributed by atoms with Gasteiger partial charge in [-0.3, -0.25) is 0 Å². The van der Waals surface area contributed by atoms with Crippen LogP contribution in [0.5, 0.6) is 0 Å². The monoisotopic (exact) mass is 1730 g/mol. The predicted molar refractivity (Wildman–Crippen MR) is 464 cm³/mol. The third-order valence-corrected chi connectivity index (χ3v) is 110. The van der Waals surface area contributed by atoms with Crippen LogP contribution in [0.4, 0.5) is 0 Å². The molecule has 9 rings (SSSR count). The third kappa shape index (κ3) is 12.4. The van der Waals surface area contributed by atoms with Gasteiger partial charge >= 0.3 is 35.2 Å². The van der Waals surface area contributed by atoms with Gasteiger partial charge < -0.3 is 53.1 Å². The van der Waals surface area contributed by atoms with Crippen molar-refractivity contribution >= 4 is 197 Å². The van der Waals surface area contributed by atoms with E-state index in [9.17, 15) is 0 Å². The molecule has 0 aliphatic heterocycles. The van der Waals surface area contributed by atoms with E-state index in [1.54, 1.807) is 0 Å². The summed E-state index contributed by atoms with van der Waals surface area (Å²) in [5.74, 6) is 6.07. The Morgan fingerprint density at radius 2 is 0.464 bits per heavy atom. The molecule has 9 aliphatic carbocycles. The highest BCUT2D eigenvalue weighted by atomic mass is 33.8. The zero-order chi connectivity index (χ0) is 70.5. The van der Waals surface area contributed by atoms with E-state index in [0.717, 1.165) is 119 Å². The maximum atomic E-state index is 8.13. The normalized spacial score (nSPS) is 37.8. The second kappa shape index (κ2) is 36.4. The molecule has 97 heavy (non-hydrogen) atoms. The lowest BCUT2D eigenvalue weighted by molar-refractivity contribution is 0.0477. The summed E-state index contributed by atoms with van der Waals surface area (Å²) in [5, 5.41) is 0. The van der Waals surface area contributed by atoms with E-state index in [4.69, 9.17) is 99.8 Å². The summed E-state index contributed by atoms with van der Waals surface area (Å²) < 4.78 is 93.4. The molecule has 9 saturated carbocycles. The lowest BCUT2D eigenvalue weighted by Crippen LogP contribution is -2.80. The van der Waals surface area contributed by atoms with Gasteiger partial charge in [0.05, 0.1) is 25.6 Å². The highest BCUT2D eigenvalue weighted by Crippen LogP contribution is 3.17. The Bertz CT molecular complexity index is 2140. The van der Waals surface area contributed by atoms with Gasteiger partial charge in [0.25, 0.3) is 0 Å². The summed E-state index contributed by atoms with van der Waals surface area (Å²) in [4.78, 5) is 0. The van der Waals surface area contributed by atoms with E-state index in [-0.39, 0.29) is 23.7 Å². The zero-order valence-corrected chi connectivity index (χ0v) is 79.3. The summed E-state index contributed by atoms with van der Waals surface area (Å²) in [6.07, 6.45) is 20.1. The van der Waals surface area contributed by atoms with Crippen LogP contribution in [0.3, 0.4) is 0 Å². The fourth-order valence-electron chi connectivity index (χ4n) is 22.7. The smallest absolute Gasteiger partial charge is 0.373 e. The van der Waals surface area contributed by atoms with Crippen molar-refractivity contribution in [1.29, 1.82) is 0 Å². The van der Waals surface area contributed by atoms with Crippen LogP contribution in [0.2, 0.25) is 0 Å². The van der Waals surface area contributed by atoms with E-state index in [1.807, 2.05) is 39.3 Å². The molecule has 9 fully saturated rings. The summed E-state index contributed by atoms with van der Waals surface area (Å²) in [6.45, 7) is 42.5. The van der Waals surface area contributed by atoms with E-state index >= 15 is 0 Å². The van der Waals surface area contributed by atoms with Gasteiger partial charge in [-0.05, 0) is 266 Å². The first kappa shape index (κ1) is 87.0. The highest BCUT2D eigenvalue weighted by molar-refractivity contribution is 9.47. The molecule has 0 spiro atoms. The minimum absolute atomic E-state index is 0.217. The minimum atomic E-state index is -4.02. The fraction of sp³-hybridized carbons (Fsp3) is 1.00. The van der Waals surface area contributed by atoms with E-state index < -0.39 is 93.2 Å². The maximum Gasteiger partial charge on any atom is 0.518 e. The van der Waals surface area contributed by atoms with Gasteiger partial charge in [0.15, 0.2) is 0 Å². The van der Waals surface area contributed by atoms with Crippen LogP contribution < -0.4 is 0 Å². The van der Waals surface area contributed by atoms with Crippen LogP contribution in [0, 0.1) is 47.3 Å². The Morgan fingerprint density at radius 1 is 0.289 bits per heavy atom. The zero-order valence-electron chi connectivity index (χ0n) is 62.0. The van der Waals surface area contributed by atoms with Crippen molar-refractivity contribution in [1.82, 2.24) is 0 Å². The average Bonchev–Trinajstić information content (AvgIpc) is 1.59. The van der Waals surface area contributed by atoms with Crippen molar-refractivity contribution in [2.75, 3.05) is 102 Å². The topological polar surface area (TPSA) is 111 Å². The largest absolute Gasteiger partial charge is 0.518 e. The molecule has 16 atom stereocenters. The lowest BCUT2D eigenvalue weighted by Gasteiger charge is -2.85. The molecule has 0 heterocycles. The van der Waals surface area contributed by atoms with Crippen LogP contribution in [-0.2, 0) is 53.1 Å². The second-order valence-electron chi connectivity index (χ2n) is 27.6. The molecule has 8 bridgehead atoms. The maximum absolute atomic E-state index is 8.13. The molecule has 0 N–H and O–H groups in total. The standard InChI is InChI=1S/C65H130O12S16Si4/c1-17-66-94(67-18-2,68-19-3)60(48-52-34-38-56(60)44-52)90(86-78,82-29-13)64(91(87-79,83-30-14)61(49-53-35-39-57(61)45-53)95(69-20-4,70-21-5)71-22-6)42-33-43-65(64,92(88-80,84-31-15)62(50-54-36-40-58(62)46-54)96(72-23-7,73-24-8)74-25-9)93(89-81,85-32-16)63(51-55-37-41-59(63)47-55)97(75-26-10,76-27-11)77-28-12/h52-59,78-81H,17-51H2,1-16H3. The molecule has 12 nitrogen and oxygen atoms in total. The molecule has 32 heteroatoms. The van der Waals surface area contributed by atoms with Crippen LogP contribution in [0.25, 0.3) is 0 Å². The first-order valence-corrected chi connectivity index (χ1v) is 66.8. The number of rotatable bonds is 48. The van der Waals surface area contributed by atoms with Crippen LogP contribution in [0.1, 0.15) is 233 Å². The first-order valence-electron chi connectivity index (χ1n) is 37.8. The molecular weight excluding hydrogens is 1600 g/mol. The predicted octanol–water partition coefficient (Wildman–Crippen LogP) is 23.0. The van der Waals surface area contributed by atoms with Gasteiger partial charge in [-0.15, -0.1) is 122 Å². The van der Waals surface area contributed by atoms with Gasteiger partial charge in [-0.25, -0.2) is 0 Å². The number of thiol groups is 4. The van der Waals surface area contributed by atoms with Crippen molar-refractivity contribution in [2.45, 2.75) is 258 Å². The summed E-state index contributed by atoms with van der Waals surface area (Å²) in [7, 11) is -9.67. The molecule has 0 aromatic heterocycles. The van der Waals surface area contributed by atoms with Crippen molar-refractivity contribution in [3.8, 4) is 0 Å². The van der Waals surface area contributed by atoms with E-state index in [1.165, 1.54) is 25.7 Å². The molecule has 0 aromatic carbocycles. The molecular formula is C65H130O12S16Si4. The Kier molecular flexibility index (Phi) is 32.7. The summed E-state index contributed by atoms with van der Waals surface area (Å²) in [5.41, 5.74) is 0. The van der Waals surface area contributed by atoms with E-state index in [2.05, 4.69) is 154 Å². The molecule has 16 unspecified atom stereocenters. The van der Waals surface area contributed by atoms with Crippen molar-refractivity contribution in [3.63, 3.8) is 0 Å². The second-order valence-corrected chi connectivity index (χ2v) is 79.1. The quantitative estimate of drug-likeness (QED) is 0.0263. The molecule has 0 aromatic rings. The van der Waals surface area contributed by atoms with E-state index in [0.29, 0.717) is 103 Å². The fourth-order valence-corrected chi connectivity index (χ4v) is 141. The lowest BCUT2D eigenvalue weighted by atomic mass is 9.99. The van der Waals surface area contributed by atoms with Crippen molar-refractivity contribution < 1.29 is 53.1 Å². The van der Waals surface area contributed by atoms with Gasteiger partial charge in [0.2, 0.25) is 0 Å². The Balaban J connectivity index is 1.78. The van der Waals surface area contributed by atoms with Gasteiger partial charge in [0, 0.05) is 102 Å². The first-order chi connectivity index (χ1) is 46.9. The Labute approximate surface area is 650 Å². The van der Waals surface area contributed by atoms with Gasteiger partial charge in [-0.1, -0.05) is 53.4 Å². The van der Waals surface area contributed by atoms with Crippen LogP contribution in [-0.4, -0.2) is 163 Å². The van der Waals surface area contributed by atoms with Crippen molar-refractivity contribution in [2.24, 2.45) is 47.3 Å². The van der Waals surface area contributed by atoms with Crippen molar-refractivity contribution in [3.05, 3.63) is 0 Å². The summed E-state index contributed by atoms with van der Waals surface area (Å²) >= 11 is 26.3. The number of hydrogen-bond donors (Lipinski definition) is 4. The molecule has 9 aliphatic rings. The van der Waals surface area contributed by atoms with Crippen LogP contribution in [0.15, 0.2) is 0 Å². The molecule has 0 amide bonds.